The number of hydrogen-bond acceptors (Lipinski definition) is 1. The number of hydrogen-bond donors (Lipinski definition) is 0. The number of benzene rings is 2. The zero-order valence-corrected chi connectivity index (χ0v) is 11.9. The molecule has 0 amide bonds. The Morgan fingerprint density at radius 3 is 1.00 bits per heavy atom. The molecule has 0 aromatic heterocycles. The highest BCUT2D eigenvalue weighted by atomic mass is 19.1. The topological polar surface area (TPSA) is 17.1 Å². The number of carbonyl (C=O) groups excluding carboxylic acids is 1. The van der Waals surface area contributed by atoms with Crippen LogP contribution in [-0.2, 0) is 4.79 Å². The zero-order valence-electron chi connectivity index (χ0n) is 11.9. The van der Waals surface area contributed by atoms with Gasteiger partial charge in [-0.25, -0.2) is 8.78 Å². The van der Waals surface area contributed by atoms with Crippen LogP contribution in [0.5, 0.6) is 0 Å². The van der Waals surface area contributed by atoms with E-state index in [1.807, 2.05) is 20.6 Å². The van der Waals surface area contributed by atoms with E-state index in [-0.39, 0.29) is 11.6 Å². The monoisotopic (exact) mass is 278 g/mol. The Labute approximate surface area is 119 Å². The van der Waals surface area contributed by atoms with E-state index in [9.17, 15) is 8.78 Å². The van der Waals surface area contributed by atoms with Crippen molar-refractivity contribution in [3.8, 4) is 0 Å². The summed E-state index contributed by atoms with van der Waals surface area (Å²) in [5.41, 5.74) is 2.18. The van der Waals surface area contributed by atoms with E-state index < -0.39 is 0 Å². The first kappa shape index (κ1) is 20.0. The lowest BCUT2D eigenvalue weighted by Crippen LogP contribution is -1.71. The van der Waals surface area contributed by atoms with Gasteiger partial charge in [0, 0.05) is 0 Å². The van der Waals surface area contributed by atoms with Gasteiger partial charge in [-0.2, -0.15) is 0 Å². The van der Waals surface area contributed by atoms with E-state index in [0.717, 1.165) is 11.1 Å². The van der Waals surface area contributed by atoms with E-state index in [1.54, 1.807) is 24.3 Å². The molecule has 0 aliphatic carbocycles. The second-order valence-corrected chi connectivity index (χ2v) is 3.59. The maximum absolute atomic E-state index is 12.1. The molecule has 0 aliphatic rings. The molecule has 20 heavy (non-hydrogen) atoms. The fourth-order valence-corrected chi connectivity index (χ4v) is 1.07. The Morgan fingerprint density at radius 2 is 0.850 bits per heavy atom. The average molecular weight is 278 g/mol. The molecular weight excluding hydrogens is 258 g/mol. The van der Waals surface area contributed by atoms with Crippen molar-refractivity contribution in [1.29, 1.82) is 0 Å². The zero-order chi connectivity index (χ0) is 16.0. The molecule has 3 heteroatoms. The van der Waals surface area contributed by atoms with Gasteiger partial charge in [0.15, 0.2) is 0 Å². The summed E-state index contributed by atoms with van der Waals surface area (Å²) in [6.45, 7) is 11.9. The van der Waals surface area contributed by atoms with E-state index in [0.29, 0.717) is 0 Å². The Morgan fingerprint density at radius 1 is 0.650 bits per heavy atom. The summed E-state index contributed by atoms with van der Waals surface area (Å²) < 4.78 is 24.2. The first-order valence-corrected chi connectivity index (χ1v) is 5.81. The first-order chi connectivity index (χ1) is 9.58. The summed E-state index contributed by atoms with van der Waals surface area (Å²) >= 11 is 0. The fourth-order valence-electron chi connectivity index (χ4n) is 1.07. The smallest absolute Gasteiger partial charge is 0.123 e. The molecule has 2 aromatic rings. The molecule has 0 fully saturated rings. The predicted octanol–water partition coefficient (Wildman–Crippen LogP) is 4.89. The van der Waals surface area contributed by atoms with E-state index in [2.05, 4.69) is 13.2 Å². The van der Waals surface area contributed by atoms with Crippen LogP contribution >= 0.6 is 0 Å². The van der Waals surface area contributed by atoms with Crippen LogP contribution in [0.15, 0.2) is 61.7 Å². The summed E-state index contributed by atoms with van der Waals surface area (Å²) in [6.07, 6.45) is 0. The minimum Gasteiger partial charge on any atom is -0.307 e. The van der Waals surface area contributed by atoms with Crippen molar-refractivity contribution in [3.63, 3.8) is 0 Å². The van der Waals surface area contributed by atoms with E-state index in [4.69, 9.17) is 4.79 Å². The molecule has 0 heterocycles. The Kier molecular flexibility index (Phi) is 13.2. The van der Waals surface area contributed by atoms with Crippen molar-refractivity contribution in [3.05, 3.63) is 84.5 Å². The normalized spacial score (nSPS) is 7.80. The molecule has 0 spiro atoms. The van der Waals surface area contributed by atoms with Gasteiger partial charge in [-0.3, -0.25) is 0 Å². The molecule has 2 rings (SSSR count). The fraction of sp³-hybridized carbons (Fsp3) is 0.118. The molecule has 2 aromatic carbocycles. The van der Waals surface area contributed by atoms with Crippen molar-refractivity contribution in [2.75, 3.05) is 0 Å². The van der Waals surface area contributed by atoms with Crippen molar-refractivity contribution in [2.24, 2.45) is 0 Å². The molecule has 0 bridgehead atoms. The Bertz CT molecular complexity index is 362. The average Bonchev–Trinajstić information content (AvgIpc) is 2.50. The van der Waals surface area contributed by atoms with Gasteiger partial charge in [0.1, 0.15) is 18.4 Å². The maximum atomic E-state index is 12.1. The first-order valence-electron chi connectivity index (χ1n) is 5.81. The maximum Gasteiger partial charge on any atom is 0.123 e. The lowest BCUT2D eigenvalue weighted by atomic mass is 10.2. The largest absolute Gasteiger partial charge is 0.307 e. The van der Waals surface area contributed by atoms with Crippen LogP contribution in [0.1, 0.15) is 11.1 Å². The molecule has 0 N–H and O–H groups in total. The quantitative estimate of drug-likeness (QED) is 0.627. The van der Waals surface area contributed by atoms with Gasteiger partial charge in [-0.1, -0.05) is 35.4 Å². The van der Waals surface area contributed by atoms with Crippen molar-refractivity contribution < 1.29 is 13.6 Å². The highest BCUT2D eigenvalue weighted by molar-refractivity contribution is 5.14. The molecule has 108 valence electrons. The molecule has 0 unspecified atom stereocenters. The van der Waals surface area contributed by atoms with E-state index in [1.165, 1.54) is 24.3 Å². The summed E-state index contributed by atoms with van der Waals surface area (Å²) in [4.78, 5) is 8.00. The van der Waals surface area contributed by atoms with Crippen LogP contribution in [0.25, 0.3) is 0 Å². The Balaban J connectivity index is 0. The molecular formula is C17H20F2O. The number of aryl methyl sites for hydroxylation is 2. The summed E-state index contributed by atoms with van der Waals surface area (Å²) in [7, 11) is 0. The summed E-state index contributed by atoms with van der Waals surface area (Å²) in [5, 5.41) is 0. The number of carbonyl (C=O) groups is 1. The van der Waals surface area contributed by atoms with Crippen LogP contribution in [0.4, 0.5) is 8.78 Å². The van der Waals surface area contributed by atoms with Gasteiger partial charge in [0.05, 0.1) is 0 Å². The van der Waals surface area contributed by atoms with Crippen molar-refractivity contribution in [1.82, 2.24) is 0 Å². The molecule has 1 nitrogen and oxygen atoms in total. The highest BCUT2D eigenvalue weighted by Crippen LogP contribution is 1.99. The summed E-state index contributed by atoms with van der Waals surface area (Å²) in [5.74, 6) is -0.341. The van der Waals surface area contributed by atoms with Crippen LogP contribution in [0, 0.1) is 25.5 Å². The predicted molar refractivity (Wildman–Crippen MR) is 80.6 cm³/mol. The van der Waals surface area contributed by atoms with Gasteiger partial charge in [-0.15, -0.1) is 13.2 Å². The molecule has 0 atom stereocenters. The lowest BCUT2D eigenvalue weighted by Gasteiger charge is -1.87. The van der Waals surface area contributed by atoms with Crippen molar-refractivity contribution in [2.45, 2.75) is 13.8 Å². The third-order valence-electron chi connectivity index (χ3n) is 2.02. The van der Waals surface area contributed by atoms with Crippen LogP contribution in [-0.4, -0.2) is 6.79 Å². The second kappa shape index (κ2) is 13.1. The van der Waals surface area contributed by atoms with Gasteiger partial charge < -0.3 is 4.79 Å². The van der Waals surface area contributed by atoms with E-state index >= 15 is 0 Å². The number of halogens is 2. The second-order valence-electron chi connectivity index (χ2n) is 3.59. The Hall–Kier alpha value is -2.29. The highest BCUT2D eigenvalue weighted by Gasteiger charge is 1.84. The van der Waals surface area contributed by atoms with Crippen LogP contribution < -0.4 is 0 Å². The SMILES string of the molecule is C=C.C=O.Cc1ccc(F)cc1.Cc1ccc(F)cc1. The molecule has 0 saturated heterocycles. The molecule has 0 aliphatic heterocycles. The minimum absolute atomic E-state index is 0.171. The number of rotatable bonds is 0. The lowest BCUT2D eigenvalue weighted by molar-refractivity contribution is -0.0979. The standard InChI is InChI=1S/2C7H7F.C2H4.CH2O/c2*1-6-2-4-7(8)5-3-6;2*1-2/h2*2-5H,1H3;1-2H2;1H2. The van der Waals surface area contributed by atoms with Gasteiger partial charge >= 0.3 is 0 Å². The molecule has 0 radical (unpaired) electrons. The summed E-state index contributed by atoms with van der Waals surface area (Å²) in [6, 6.07) is 12.8. The van der Waals surface area contributed by atoms with Gasteiger partial charge in [-0.05, 0) is 38.1 Å². The third kappa shape index (κ3) is 10.8. The van der Waals surface area contributed by atoms with Crippen LogP contribution in [0.3, 0.4) is 0 Å². The van der Waals surface area contributed by atoms with Gasteiger partial charge in [0.2, 0.25) is 0 Å². The van der Waals surface area contributed by atoms with Crippen molar-refractivity contribution >= 4 is 6.79 Å². The van der Waals surface area contributed by atoms with Gasteiger partial charge in [0.25, 0.3) is 0 Å². The minimum atomic E-state index is -0.171. The third-order valence-corrected chi connectivity index (χ3v) is 2.02. The molecule has 0 saturated carbocycles. The van der Waals surface area contributed by atoms with Crippen LogP contribution in [0.2, 0.25) is 0 Å².